The number of hydrogen-bond donors (Lipinski definition) is 3. The molecule has 0 bridgehead atoms. The fraction of sp³-hybridized carbons (Fsp3) is 0.889. The normalized spacial score (nSPS) is 22.4. The van der Waals surface area contributed by atoms with E-state index in [4.69, 9.17) is 5.73 Å². The van der Waals surface area contributed by atoms with E-state index < -0.39 is 23.7 Å². The van der Waals surface area contributed by atoms with Crippen LogP contribution >= 0.6 is 0 Å². The smallest absolute Gasteiger partial charge is 0.391 e. The monoisotopic (exact) mass is 240 g/mol. The number of rotatable bonds is 4. The predicted molar refractivity (Wildman–Crippen MR) is 50.4 cm³/mol. The summed E-state index contributed by atoms with van der Waals surface area (Å²) in [6.07, 6.45) is -3.90. The van der Waals surface area contributed by atoms with E-state index in [1.165, 1.54) is 0 Å². The van der Waals surface area contributed by atoms with Gasteiger partial charge in [-0.2, -0.15) is 13.2 Å². The van der Waals surface area contributed by atoms with Crippen molar-refractivity contribution in [2.24, 2.45) is 11.7 Å². The number of hydrogen-bond acceptors (Lipinski definition) is 3. The number of halogens is 3. The van der Waals surface area contributed by atoms with Gasteiger partial charge >= 0.3 is 6.18 Å². The average molecular weight is 240 g/mol. The van der Waals surface area contributed by atoms with Crippen LogP contribution in [0.4, 0.5) is 13.2 Å². The molecule has 0 radical (unpaired) electrons. The summed E-state index contributed by atoms with van der Waals surface area (Å²) < 4.78 is 37.0. The van der Waals surface area contributed by atoms with Crippen LogP contribution in [0.25, 0.3) is 0 Å². The van der Waals surface area contributed by atoms with Crippen LogP contribution in [0, 0.1) is 5.92 Å². The second-order valence-corrected chi connectivity index (χ2v) is 4.31. The molecule has 0 aromatic heterocycles. The fourth-order valence-electron chi connectivity index (χ4n) is 1.16. The van der Waals surface area contributed by atoms with Gasteiger partial charge in [0.25, 0.3) is 0 Å². The van der Waals surface area contributed by atoms with Crippen molar-refractivity contribution in [2.75, 3.05) is 6.54 Å². The van der Waals surface area contributed by atoms with Crippen molar-refractivity contribution in [2.45, 2.75) is 37.6 Å². The lowest BCUT2D eigenvalue weighted by Crippen LogP contribution is -2.62. The summed E-state index contributed by atoms with van der Waals surface area (Å²) in [4.78, 5) is 11.2. The molecule has 2 atom stereocenters. The molecule has 2 unspecified atom stereocenters. The van der Waals surface area contributed by atoms with Gasteiger partial charge in [0.05, 0.1) is 6.10 Å². The largest absolute Gasteiger partial charge is 0.415 e. The van der Waals surface area contributed by atoms with Crippen molar-refractivity contribution in [3.8, 4) is 0 Å². The molecular formula is C9H15F3N2O2. The molecule has 94 valence electrons. The molecule has 1 aliphatic rings. The molecule has 0 aromatic carbocycles. The number of aliphatic hydroxyl groups is 1. The van der Waals surface area contributed by atoms with Gasteiger partial charge in [-0.05, 0) is 25.7 Å². The Labute approximate surface area is 91.0 Å². The van der Waals surface area contributed by atoms with Crippen LogP contribution in [0.5, 0.6) is 0 Å². The molecule has 1 amide bonds. The second kappa shape index (κ2) is 4.21. The predicted octanol–water partition coefficient (Wildman–Crippen LogP) is 0.153. The summed E-state index contributed by atoms with van der Waals surface area (Å²) in [5.41, 5.74) is 1.98. The van der Waals surface area contributed by atoms with E-state index in [0.717, 1.165) is 12.8 Å². The highest BCUT2D eigenvalue weighted by Gasteiger charge is 2.53. The Kier molecular flexibility index (Phi) is 3.49. The van der Waals surface area contributed by atoms with Gasteiger partial charge in [-0.3, -0.25) is 4.79 Å². The number of nitrogens with one attached hydrogen (secondary N) is 1. The van der Waals surface area contributed by atoms with Crippen LogP contribution in [0.2, 0.25) is 0 Å². The first-order valence-corrected chi connectivity index (χ1v) is 4.98. The molecule has 4 N–H and O–H groups in total. The number of carbonyl (C=O) groups excluding carboxylic acids is 1. The minimum absolute atomic E-state index is 0.0928. The number of aliphatic hydroxyl groups excluding tert-OH is 1. The maximum Gasteiger partial charge on any atom is 0.415 e. The SMILES string of the molecule is CC(N)(C(=O)NCC(O)C1CC1)C(F)(F)F. The van der Waals surface area contributed by atoms with Crippen molar-refractivity contribution in [3.05, 3.63) is 0 Å². The van der Waals surface area contributed by atoms with Crippen LogP contribution in [-0.4, -0.2) is 35.4 Å². The quantitative estimate of drug-likeness (QED) is 0.655. The van der Waals surface area contributed by atoms with Crippen molar-refractivity contribution in [1.29, 1.82) is 0 Å². The molecule has 1 saturated carbocycles. The minimum Gasteiger partial charge on any atom is -0.391 e. The topological polar surface area (TPSA) is 75.4 Å². The standard InChI is InChI=1S/C9H15F3N2O2/c1-8(13,9(10,11)12)7(16)14-4-6(15)5-2-3-5/h5-6,15H,2-4,13H2,1H3,(H,14,16). The second-order valence-electron chi connectivity index (χ2n) is 4.31. The average Bonchev–Trinajstić information content (AvgIpc) is 2.94. The van der Waals surface area contributed by atoms with Gasteiger partial charge in [-0.15, -0.1) is 0 Å². The Morgan fingerprint density at radius 3 is 2.44 bits per heavy atom. The lowest BCUT2D eigenvalue weighted by Gasteiger charge is -2.26. The van der Waals surface area contributed by atoms with Gasteiger partial charge < -0.3 is 16.2 Å². The van der Waals surface area contributed by atoms with Crippen LogP contribution in [0.3, 0.4) is 0 Å². The molecule has 0 heterocycles. The third-order valence-electron chi connectivity index (χ3n) is 2.70. The maximum absolute atomic E-state index is 12.3. The molecule has 0 aliphatic heterocycles. The lowest BCUT2D eigenvalue weighted by molar-refractivity contribution is -0.187. The molecule has 1 aliphatic carbocycles. The third-order valence-corrected chi connectivity index (χ3v) is 2.70. The Morgan fingerprint density at radius 1 is 1.56 bits per heavy atom. The molecule has 0 aromatic rings. The number of nitrogens with two attached hydrogens (primary N) is 1. The molecular weight excluding hydrogens is 225 g/mol. The molecule has 0 saturated heterocycles. The molecule has 0 spiro atoms. The highest BCUT2D eigenvalue weighted by molar-refractivity contribution is 5.86. The number of amides is 1. The van der Waals surface area contributed by atoms with Crippen LogP contribution < -0.4 is 11.1 Å². The van der Waals surface area contributed by atoms with E-state index in [1.54, 1.807) is 0 Å². The van der Waals surface area contributed by atoms with Gasteiger partial charge in [0.2, 0.25) is 5.91 Å². The van der Waals surface area contributed by atoms with E-state index >= 15 is 0 Å². The van der Waals surface area contributed by atoms with Crippen molar-refractivity contribution >= 4 is 5.91 Å². The highest BCUT2D eigenvalue weighted by Crippen LogP contribution is 2.32. The summed E-state index contributed by atoms with van der Waals surface area (Å²) in [5, 5.41) is 11.4. The molecule has 4 nitrogen and oxygen atoms in total. The summed E-state index contributed by atoms with van der Waals surface area (Å²) in [5.74, 6) is -1.23. The van der Waals surface area contributed by atoms with Gasteiger partial charge in [0.15, 0.2) is 5.54 Å². The molecule has 7 heteroatoms. The Hall–Kier alpha value is -0.820. The first kappa shape index (κ1) is 13.2. The summed E-state index contributed by atoms with van der Waals surface area (Å²) >= 11 is 0. The Morgan fingerprint density at radius 2 is 2.06 bits per heavy atom. The van der Waals surface area contributed by atoms with E-state index in [-0.39, 0.29) is 12.5 Å². The summed E-state index contributed by atoms with van der Waals surface area (Å²) in [7, 11) is 0. The van der Waals surface area contributed by atoms with E-state index in [9.17, 15) is 23.1 Å². The first-order chi connectivity index (χ1) is 7.16. The van der Waals surface area contributed by atoms with Gasteiger partial charge in [-0.25, -0.2) is 0 Å². The highest BCUT2D eigenvalue weighted by atomic mass is 19.4. The third kappa shape index (κ3) is 2.85. The van der Waals surface area contributed by atoms with Gasteiger partial charge in [-0.1, -0.05) is 0 Å². The van der Waals surface area contributed by atoms with E-state index in [2.05, 4.69) is 0 Å². The number of alkyl halides is 3. The van der Waals surface area contributed by atoms with Crippen molar-refractivity contribution in [1.82, 2.24) is 5.32 Å². The van der Waals surface area contributed by atoms with Crippen LogP contribution in [0.1, 0.15) is 19.8 Å². The van der Waals surface area contributed by atoms with Gasteiger partial charge in [0.1, 0.15) is 0 Å². The van der Waals surface area contributed by atoms with Crippen molar-refractivity contribution < 1.29 is 23.1 Å². The van der Waals surface area contributed by atoms with Gasteiger partial charge in [0, 0.05) is 6.54 Å². The van der Waals surface area contributed by atoms with E-state index in [1.807, 2.05) is 5.32 Å². The zero-order valence-corrected chi connectivity index (χ0v) is 8.84. The summed E-state index contributed by atoms with van der Waals surface area (Å²) in [6, 6.07) is 0. The number of carbonyl (C=O) groups is 1. The minimum atomic E-state index is -4.80. The maximum atomic E-state index is 12.3. The zero-order chi connectivity index (χ0) is 12.6. The fourth-order valence-corrected chi connectivity index (χ4v) is 1.16. The van der Waals surface area contributed by atoms with Crippen LogP contribution in [0.15, 0.2) is 0 Å². The zero-order valence-electron chi connectivity index (χ0n) is 8.84. The van der Waals surface area contributed by atoms with E-state index in [0.29, 0.717) is 6.92 Å². The van der Waals surface area contributed by atoms with Crippen molar-refractivity contribution in [3.63, 3.8) is 0 Å². The summed E-state index contributed by atoms with van der Waals surface area (Å²) in [6.45, 7) is 0.415. The van der Waals surface area contributed by atoms with Crippen LogP contribution in [-0.2, 0) is 4.79 Å². The Bertz CT molecular complexity index is 274. The lowest BCUT2D eigenvalue weighted by atomic mass is 10.0. The Balaban J connectivity index is 2.44. The molecule has 16 heavy (non-hydrogen) atoms. The molecule has 1 rings (SSSR count). The molecule has 1 fully saturated rings. The first-order valence-electron chi connectivity index (χ1n) is 4.98.